The van der Waals surface area contributed by atoms with Crippen LogP contribution in [0.5, 0.6) is 0 Å². The van der Waals surface area contributed by atoms with E-state index >= 15 is 0 Å². The number of esters is 1. The average Bonchev–Trinajstić information content (AvgIpc) is 2.95. The van der Waals surface area contributed by atoms with Crippen LogP contribution >= 0.6 is 11.3 Å². The number of thiophene rings is 1. The van der Waals surface area contributed by atoms with Crippen LogP contribution in [0.25, 0.3) is 5.57 Å². The Hall–Kier alpha value is -1.87. The second-order valence-electron chi connectivity index (χ2n) is 4.30. The number of benzene rings is 1. The fourth-order valence-electron chi connectivity index (χ4n) is 1.93. The van der Waals surface area contributed by atoms with Crippen LogP contribution in [-0.2, 0) is 16.0 Å². The Balaban J connectivity index is 2.41. The Morgan fingerprint density at radius 1 is 1.15 bits per heavy atom. The molecule has 0 unspecified atom stereocenters. The molecule has 0 aliphatic heterocycles. The van der Waals surface area contributed by atoms with Gasteiger partial charge in [-0.1, -0.05) is 37.3 Å². The van der Waals surface area contributed by atoms with Crippen LogP contribution in [0.2, 0.25) is 0 Å². The molecule has 0 fully saturated rings. The van der Waals surface area contributed by atoms with E-state index < -0.39 is 0 Å². The number of aryl methyl sites for hydroxylation is 1. The molecule has 0 radical (unpaired) electrons. The van der Waals surface area contributed by atoms with E-state index in [1.807, 2.05) is 37.3 Å². The van der Waals surface area contributed by atoms with Gasteiger partial charge in [0.05, 0.1) is 6.61 Å². The van der Waals surface area contributed by atoms with Crippen molar-refractivity contribution >= 4 is 22.9 Å². The lowest BCUT2D eigenvalue weighted by Crippen LogP contribution is -2.01. The number of carbonyl (C=O) groups excluding carboxylic acids is 1. The first-order valence-corrected chi connectivity index (χ1v) is 7.59. The molecule has 0 aliphatic rings. The van der Waals surface area contributed by atoms with E-state index in [4.69, 9.17) is 4.74 Å². The van der Waals surface area contributed by atoms with Crippen molar-refractivity contribution in [1.29, 1.82) is 0 Å². The van der Waals surface area contributed by atoms with Crippen LogP contribution in [-0.4, -0.2) is 12.6 Å². The molecule has 0 saturated heterocycles. The number of hydrogen-bond donors (Lipinski definition) is 0. The minimum atomic E-state index is -0.294. The van der Waals surface area contributed by atoms with Crippen molar-refractivity contribution in [3.8, 4) is 0 Å². The summed E-state index contributed by atoms with van der Waals surface area (Å²) in [6.45, 7) is 4.34. The van der Waals surface area contributed by atoms with E-state index in [1.54, 1.807) is 17.4 Å². The lowest BCUT2D eigenvalue weighted by atomic mass is 10.0. The highest BCUT2D eigenvalue weighted by Crippen LogP contribution is 2.30. The van der Waals surface area contributed by atoms with Crippen LogP contribution in [0.4, 0.5) is 0 Å². The first-order valence-electron chi connectivity index (χ1n) is 6.77. The number of rotatable bonds is 5. The fourth-order valence-corrected chi connectivity index (χ4v) is 2.91. The molecule has 0 amide bonds. The topological polar surface area (TPSA) is 26.3 Å². The van der Waals surface area contributed by atoms with Crippen molar-refractivity contribution in [2.24, 2.45) is 0 Å². The summed E-state index contributed by atoms with van der Waals surface area (Å²) in [5.74, 6) is -0.294. The molecule has 20 heavy (non-hydrogen) atoms. The highest BCUT2D eigenvalue weighted by Gasteiger charge is 2.10. The van der Waals surface area contributed by atoms with E-state index in [-0.39, 0.29) is 5.97 Å². The van der Waals surface area contributed by atoms with Crippen LogP contribution < -0.4 is 0 Å². The predicted octanol–water partition coefficient (Wildman–Crippen LogP) is 4.31. The summed E-state index contributed by atoms with van der Waals surface area (Å²) in [5, 5.41) is 0. The first kappa shape index (κ1) is 14.5. The maximum atomic E-state index is 11.8. The lowest BCUT2D eigenvalue weighted by Gasteiger charge is -2.06. The van der Waals surface area contributed by atoms with Gasteiger partial charge < -0.3 is 4.74 Å². The van der Waals surface area contributed by atoms with Gasteiger partial charge in [0.25, 0.3) is 0 Å². The standard InChI is InChI=1S/C17H18O2S/c1-3-14-10-11-16(20-14)15(12-17(18)19-4-2)13-8-6-5-7-9-13/h5-12H,3-4H2,1-2H3/b15-12+. The smallest absolute Gasteiger partial charge is 0.331 e. The third kappa shape index (κ3) is 3.58. The largest absolute Gasteiger partial charge is 0.463 e. The Morgan fingerprint density at radius 3 is 2.50 bits per heavy atom. The molecule has 1 aromatic heterocycles. The third-order valence-corrected chi connectivity index (χ3v) is 4.17. The van der Waals surface area contributed by atoms with Gasteiger partial charge in [-0.05, 0) is 31.0 Å². The van der Waals surface area contributed by atoms with Gasteiger partial charge in [0, 0.05) is 21.4 Å². The van der Waals surface area contributed by atoms with Crippen molar-refractivity contribution in [3.05, 3.63) is 63.9 Å². The molecule has 0 bridgehead atoms. The zero-order valence-corrected chi connectivity index (χ0v) is 12.6. The van der Waals surface area contributed by atoms with Gasteiger partial charge in [0.15, 0.2) is 0 Å². The Labute approximate surface area is 123 Å². The quantitative estimate of drug-likeness (QED) is 0.605. The number of ether oxygens (including phenoxy) is 1. The molecule has 0 saturated carbocycles. The molecule has 104 valence electrons. The molecular weight excluding hydrogens is 268 g/mol. The highest BCUT2D eigenvalue weighted by molar-refractivity contribution is 7.13. The van der Waals surface area contributed by atoms with E-state index in [1.165, 1.54) is 4.88 Å². The van der Waals surface area contributed by atoms with Gasteiger partial charge in [-0.15, -0.1) is 11.3 Å². The summed E-state index contributed by atoms with van der Waals surface area (Å²) in [7, 11) is 0. The summed E-state index contributed by atoms with van der Waals surface area (Å²) in [6, 6.07) is 14.1. The summed E-state index contributed by atoms with van der Waals surface area (Å²) >= 11 is 1.72. The summed E-state index contributed by atoms with van der Waals surface area (Å²) < 4.78 is 5.04. The second kappa shape index (κ2) is 7.06. The van der Waals surface area contributed by atoms with Crippen molar-refractivity contribution in [1.82, 2.24) is 0 Å². The van der Waals surface area contributed by atoms with Gasteiger partial charge in [-0.3, -0.25) is 0 Å². The maximum Gasteiger partial charge on any atom is 0.331 e. The normalized spacial score (nSPS) is 11.4. The molecule has 1 aromatic carbocycles. The molecule has 0 spiro atoms. The summed E-state index contributed by atoms with van der Waals surface area (Å²) in [4.78, 5) is 14.2. The molecule has 2 rings (SSSR count). The fraction of sp³-hybridized carbons (Fsp3) is 0.235. The van der Waals surface area contributed by atoms with Gasteiger partial charge >= 0.3 is 5.97 Å². The van der Waals surface area contributed by atoms with Gasteiger partial charge in [0.2, 0.25) is 0 Å². The molecule has 2 nitrogen and oxygen atoms in total. The van der Waals surface area contributed by atoms with E-state index in [9.17, 15) is 4.79 Å². The van der Waals surface area contributed by atoms with E-state index in [0.717, 1.165) is 22.4 Å². The van der Waals surface area contributed by atoms with Gasteiger partial charge in [-0.2, -0.15) is 0 Å². The molecule has 0 atom stereocenters. The highest BCUT2D eigenvalue weighted by atomic mass is 32.1. The van der Waals surface area contributed by atoms with Crippen LogP contribution in [0.1, 0.15) is 29.2 Å². The Morgan fingerprint density at radius 2 is 1.90 bits per heavy atom. The predicted molar refractivity (Wildman–Crippen MR) is 83.9 cm³/mol. The number of hydrogen-bond acceptors (Lipinski definition) is 3. The maximum absolute atomic E-state index is 11.8. The number of carbonyl (C=O) groups is 1. The van der Waals surface area contributed by atoms with Crippen molar-refractivity contribution in [2.75, 3.05) is 6.61 Å². The second-order valence-corrected chi connectivity index (χ2v) is 5.46. The van der Waals surface area contributed by atoms with E-state index in [2.05, 4.69) is 19.1 Å². The Kier molecular flexibility index (Phi) is 5.13. The monoisotopic (exact) mass is 286 g/mol. The minimum Gasteiger partial charge on any atom is -0.463 e. The molecule has 3 heteroatoms. The zero-order valence-electron chi connectivity index (χ0n) is 11.8. The van der Waals surface area contributed by atoms with Crippen LogP contribution in [0.3, 0.4) is 0 Å². The van der Waals surface area contributed by atoms with Crippen LogP contribution in [0, 0.1) is 0 Å². The van der Waals surface area contributed by atoms with Gasteiger partial charge in [0.1, 0.15) is 0 Å². The van der Waals surface area contributed by atoms with E-state index in [0.29, 0.717) is 6.61 Å². The zero-order chi connectivity index (χ0) is 14.4. The SMILES string of the molecule is CCOC(=O)/C=C(\c1ccccc1)c1ccc(CC)s1. The minimum absolute atomic E-state index is 0.294. The molecule has 0 aliphatic carbocycles. The molecule has 0 N–H and O–H groups in total. The van der Waals surface area contributed by atoms with Crippen molar-refractivity contribution < 1.29 is 9.53 Å². The van der Waals surface area contributed by atoms with Crippen LogP contribution in [0.15, 0.2) is 48.5 Å². The molecule has 2 aromatic rings. The summed E-state index contributed by atoms with van der Waals surface area (Å²) in [6.07, 6.45) is 2.59. The average molecular weight is 286 g/mol. The van der Waals surface area contributed by atoms with Crippen molar-refractivity contribution in [3.63, 3.8) is 0 Å². The molecular formula is C17H18O2S. The first-order chi connectivity index (χ1) is 9.74. The third-order valence-electron chi connectivity index (χ3n) is 2.91. The van der Waals surface area contributed by atoms with Crippen molar-refractivity contribution in [2.45, 2.75) is 20.3 Å². The Bertz CT molecular complexity index is 596. The van der Waals surface area contributed by atoms with Gasteiger partial charge in [-0.25, -0.2) is 4.79 Å². The summed E-state index contributed by atoms with van der Waals surface area (Å²) in [5.41, 5.74) is 1.96. The lowest BCUT2D eigenvalue weighted by molar-refractivity contribution is -0.137. The molecule has 1 heterocycles.